The molecule has 1 atom stereocenters. The van der Waals surface area contributed by atoms with Crippen molar-refractivity contribution < 1.29 is 0 Å². The SMILES string of the molecule is CNC(Cc1cnn(C)c1)c1cc(Cl)ccc1Br. The van der Waals surface area contributed by atoms with Gasteiger partial charge in [0.05, 0.1) is 6.20 Å². The Hall–Kier alpha value is -0.840. The first-order valence-electron chi connectivity index (χ1n) is 5.70. The molecule has 1 aromatic heterocycles. The van der Waals surface area contributed by atoms with Gasteiger partial charge in [-0.3, -0.25) is 4.68 Å². The normalized spacial score (nSPS) is 12.7. The van der Waals surface area contributed by atoms with E-state index in [1.54, 1.807) is 0 Å². The van der Waals surface area contributed by atoms with Gasteiger partial charge in [0.25, 0.3) is 0 Å². The molecule has 0 fully saturated rings. The van der Waals surface area contributed by atoms with E-state index in [2.05, 4.69) is 26.3 Å². The summed E-state index contributed by atoms with van der Waals surface area (Å²) in [4.78, 5) is 0. The maximum atomic E-state index is 6.06. The Balaban J connectivity index is 2.25. The van der Waals surface area contributed by atoms with Crippen molar-refractivity contribution in [1.82, 2.24) is 15.1 Å². The largest absolute Gasteiger partial charge is 0.313 e. The third-order valence-electron chi connectivity index (χ3n) is 2.88. The Morgan fingerprint density at radius 1 is 1.50 bits per heavy atom. The van der Waals surface area contributed by atoms with Crippen LogP contribution in [0.1, 0.15) is 17.2 Å². The number of rotatable bonds is 4. The number of likely N-dealkylation sites (N-methyl/N-ethyl adjacent to an activating group) is 1. The minimum Gasteiger partial charge on any atom is -0.313 e. The van der Waals surface area contributed by atoms with Crippen LogP contribution in [-0.2, 0) is 13.5 Å². The number of aromatic nitrogens is 2. The van der Waals surface area contributed by atoms with Crippen LogP contribution >= 0.6 is 27.5 Å². The van der Waals surface area contributed by atoms with Crippen LogP contribution < -0.4 is 5.32 Å². The fourth-order valence-electron chi connectivity index (χ4n) is 1.96. The first-order valence-corrected chi connectivity index (χ1v) is 6.87. The zero-order valence-corrected chi connectivity index (χ0v) is 12.7. The maximum absolute atomic E-state index is 6.06. The van der Waals surface area contributed by atoms with E-state index in [4.69, 9.17) is 11.6 Å². The van der Waals surface area contributed by atoms with Crippen LogP contribution in [0, 0.1) is 0 Å². The van der Waals surface area contributed by atoms with Crippen molar-refractivity contribution in [2.75, 3.05) is 7.05 Å². The molecule has 18 heavy (non-hydrogen) atoms. The molecule has 1 N–H and O–H groups in total. The van der Waals surface area contributed by atoms with Gasteiger partial charge in [-0.1, -0.05) is 27.5 Å². The summed E-state index contributed by atoms with van der Waals surface area (Å²) >= 11 is 9.63. The van der Waals surface area contributed by atoms with Gasteiger partial charge in [-0.05, 0) is 42.8 Å². The average molecular weight is 329 g/mol. The molecule has 0 aliphatic heterocycles. The van der Waals surface area contributed by atoms with Gasteiger partial charge in [0.15, 0.2) is 0 Å². The molecular weight excluding hydrogens is 314 g/mol. The highest BCUT2D eigenvalue weighted by atomic mass is 79.9. The summed E-state index contributed by atoms with van der Waals surface area (Å²) in [6, 6.07) is 6.06. The van der Waals surface area contributed by atoms with Gasteiger partial charge >= 0.3 is 0 Å². The number of nitrogens with zero attached hydrogens (tertiary/aromatic N) is 2. The van der Waals surface area contributed by atoms with Gasteiger partial charge in [-0.15, -0.1) is 0 Å². The van der Waals surface area contributed by atoms with Crippen molar-refractivity contribution in [3.63, 3.8) is 0 Å². The highest BCUT2D eigenvalue weighted by Gasteiger charge is 2.14. The van der Waals surface area contributed by atoms with E-state index in [1.807, 2.05) is 49.4 Å². The summed E-state index contributed by atoms with van der Waals surface area (Å²) < 4.78 is 2.88. The lowest BCUT2D eigenvalue weighted by Gasteiger charge is -2.17. The molecule has 0 saturated heterocycles. The molecule has 2 rings (SSSR count). The van der Waals surface area contributed by atoms with E-state index in [-0.39, 0.29) is 6.04 Å². The lowest BCUT2D eigenvalue weighted by Crippen LogP contribution is -2.19. The molecule has 0 bridgehead atoms. The van der Waals surface area contributed by atoms with Gasteiger partial charge < -0.3 is 5.32 Å². The van der Waals surface area contributed by atoms with Crippen molar-refractivity contribution in [3.05, 3.63) is 51.2 Å². The van der Waals surface area contributed by atoms with Crippen LogP contribution in [0.2, 0.25) is 5.02 Å². The highest BCUT2D eigenvalue weighted by molar-refractivity contribution is 9.10. The van der Waals surface area contributed by atoms with Gasteiger partial charge in [-0.25, -0.2) is 0 Å². The van der Waals surface area contributed by atoms with Gasteiger partial charge in [0.2, 0.25) is 0 Å². The van der Waals surface area contributed by atoms with E-state index in [9.17, 15) is 0 Å². The molecule has 0 amide bonds. The smallest absolute Gasteiger partial charge is 0.0522 e. The lowest BCUT2D eigenvalue weighted by molar-refractivity contribution is 0.589. The fraction of sp³-hybridized carbons (Fsp3) is 0.308. The minimum absolute atomic E-state index is 0.210. The molecule has 5 heteroatoms. The Morgan fingerprint density at radius 2 is 2.28 bits per heavy atom. The third-order valence-corrected chi connectivity index (χ3v) is 3.84. The molecule has 96 valence electrons. The van der Waals surface area contributed by atoms with E-state index in [0.29, 0.717) is 0 Å². The molecule has 2 aromatic rings. The first-order chi connectivity index (χ1) is 8.60. The van der Waals surface area contributed by atoms with Gasteiger partial charge in [0, 0.05) is 28.8 Å². The van der Waals surface area contributed by atoms with Crippen molar-refractivity contribution >= 4 is 27.5 Å². The monoisotopic (exact) mass is 327 g/mol. The number of benzene rings is 1. The van der Waals surface area contributed by atoms with Crippen LogP contribution in [0.15, 0.2) is 35.1 Å². The van der Waals surface area contributed by atoms with Gasteiger partial charge in [0.1, 0.15) is 0 Å². The third kappa shape index (κ3) is 3.13. The average Bonchev–Trinajstić information content (AvgIpc) is 2.75. The maximum Gasteiger partial charge on any atom is 0.0522 e. The first kappa shape index (κ1) is 13.6. The predicted octanol–water partition coefficient (Wildman–Crippen LogP) is 3.34. The molecule has 1 unspecified atom stereocenters. The minimum atomic E-state index is 0.210. The van der Waals surface area contributed by atoms with E-state index in [0.717, 1.165) is 21.5 Å². The highest BCUT2D eigenvalue weighted by Crippen LogP contribution is 2.28. The van der Waals surface area contributed by atoms with Crippen LogP contribution in [0.25, 0.3) is 0 Å². The van der Waals surface area contributed by atoms with Gasteiger partial charge in [-0.2, -0.15) is 5.10 Å². The van der Waals surface area contributed by atoms with E-state index < -0.39 is 0 Å². The molecular formula is C13H15BrClN3. The van der Waals surface area contributed by atoms with Crippen molar-refractivity contribution in [3.8, 4) is 0 Å². The second-order valence-corrected chi connectivity index (χ2v) is 5.52. The van der Waals surface area contributed by atoms with Crippen LogP contribution in [0.5, 0.6) is 0 Å². The Kier molecular flexibility index (Phi) is 4.43. The quantitative estimate of drug-likeness (QED) is 0.933. The number of halogens is 2. The summed E-state index contributed by atoms with van der Waals surface area (Å²) in [5.74, 6) is 0. The summed E-state index contributed by atoms with van der Waals surface area (Å²) in [5, 5.41) is 8.26. The molecule has 0 spiro atoms. The number of hydrogen-bond acceptors (Lipinski definition) is 2. The molecule has 3 nitrogen and oxygen atoms in total. The molecule has 0 saturated carbocycles. The predicted molar refractivity (Wildman–Crippen MR) is 77.9 cm³/mol. The van der Waals surface area contributed by atoms with E-state index in [1.165, 1.54) is 5.56 Å². The van der Waals surface area contributed by atoms with Crippen molar-refractivity contribution in [2.45, 2.75) is 12.5 Å². The molecule has 0 aliphatic carbocycles. The number of nitrogens with one attached hydrogen (secondary N) is 1. The standard InChI is InChI=1S/C13H15BrClN3/c1-16-13(5-9-7-17-18(2)8-9)11-6-10(15)3-4-12(11)14/h3-4,6-8,13,16H,5H2,1-2H3. The topological polar surface area (TPSA) is 29.9 Å². The molecule has 0 radical (unpaired) electrons. The van der Waals surface area contributed by atoms with Crippen LogP contribution in [-0.4, -0.2) is 16.8 Å². The van der Waals surface area contributed by atoms with E-state index >= 15 is 0 Å². The Bertz CT molecular complexity index is 539. The molecule has 1 heterocycles. The van der Waals surface area contributed by atoms with Crippen molar-refractivity contribution in [2.24, 2.45) is 7.05 Å². The summed E-state index contributed by atoms with van der Waals surface area (Å²) in [6.07, 6.45) is 4.80. The van der Waals surface area contributed by atoms with Crippen molar-refractivity contribution in [1.29, 1.82) is 0 Å². The molecule has 1 aromatic carbocycles. The summed E-state index contributed by atoms with van der Waals surface area (Å²) in [7, 11) is 3.88. The molecule has 0 aliphatic rings. The zero-order chi connectivity index (χ0) is 13.1. The summed E-state index contributed by atoms with van der Waals surface area (Å²) in [5.41, 5.74) is 2.36. The van der Waals surface area contributed by atoms with Crippen LogP contribution in [0.4, 0.5) is 0 Å². The zero-order valence-electron chi connectivity index (χ0n) is 10.3. The lowest BCUT2D eigenvalue weighted by atomic mass is 10.0. The Morgan fingerprint density at radius 3 is 2.89 bits per heavy atom. The Labute approximate surface area is 120 Å². The number of hydrogen-bond donors (Lipinski definition) is 1. The second-order valence-electron chi connectivity index (χ2n) is 4.23. The number of aryl methyl sites for hydroxylation is 1. The van der Waals surface area contributed by atoms with Crippen LogP contribution in [0.3, 0.4) is 0 Å². The fourth-order valence-corrected chi connectivity index (χ4v) is 2.67. The second kappa shape index (κ2) is 5.87. The summed E-state index contributed by atoms with van der Waals surface area (Å²) in [6.45, 7) is 0.